The lowest BCUT2D eigenvalue weighted by Gasteiger charge is -2.09. The van der Waals surface area contributed by atoms with Gasteiger partial charge < -0.3 is 5.32 Å². The number of aryl methyl sites for hydroxylation is 1. The van der Waals surface area contributed by atoms with Gasteiger partial charge in [-0.1, -0.05) is 47.6 Å². The second kappa shape index (κ2) is 9.72. The molecule has 0 aliphatic heterocycles. The van der Waals surface area contributed by atoms with Crippen molar-refractivity contribution in [2.45, 2.75) is 24.3 Å². The average molecular weight is 451 g/mol. The maximum atomic E-state index is 13.0. The monoisotopic (exact) mass is 450 g/mol. The van der Waals surface area contributed by atoms with E-state index in [0.29, 0.717) is 27.3 Å². The Hall–Kier alpha value is -3.23. The van der Waals surface area contributed by atoms with E-state index in [4.69, 9.17) is 11.6 Å². The van der Waals surface area contributed by atoms with E-state index < -0.39 is 0 Å². The van der Waals surface area contributed by atoms with Gasteiger partial charge in [0.2, 0.25) is 0 Å². The first-order valence-electron chi connectivity index (χ1n) is 9.64. The van der Waals surface area contributed by atoms with E-state index in [0.717, 1.165) is 12.1 Å². The minimum Gasteiger partial charge on any atom is -0.321 e. The number of thioether (sulfide) groups is 1. The molecule has 0 unspecified atom stereocenters. The third kappa shape index (κ3) is 5.10. The molecular formula is C22H19ClN6OS. The van der Waals surface area contributed by atoms with Crippen LogP contribution in [0.25, 0.3) is 5.69 Å². The fourth-order valence-electron chi connectivity index (χ4n) is 2.90. The number of nitrogens with zero attached hydrogens (tertiary/aromatic N) is 5. The minimum absolute atomic E-state index is 0.248. The van der Waals surface area contributed by atoms with Crippen LogP contribution in [0.2, 0.25) is 5.02 Å². The Labute approximate surface area is 188 Å². The van der Waals surface area contributed by atoms with Crippen LogP contribution in [-0.4, -0.2) is 30.9 Å². The molecule has 4 rings (SSSR count). The van der Waals surface area contributed by atoms with Crippen LogP contribution in [-0.2, 0) is 12.2 Å². The Balaban J connectivity index is 1.63. The van der Waals surface area contributed by atoms with Crippen LogP contribution in [0.3, 0.4) is 0 Å². The zero-order chi connectivity index (χ0) is 21.6. The van der Waals surface area contributed by atoms with Crippen molar-refractivity contribution in [3.8, 4) is 5.69 Å². The molecule has 1 amide bonds. The van der Waals surface area contributed by atoms with E-state index in [1.54, 1.807) is 35.3 Å². The molecule has 0 bridgehead atoms. The fourth-order valence-corrected chi connectivity index (χ4v) is 3.83. The lowest BCUT2D eigenvalue weighted by molar-refractivity contribution is 0.102. The molecule has 2 aromatic carbocycles. The van der Waals surface area contributed by atoms with Gasteiger partial charge in [0.25, 0.3) is 5.91 Å². The van der Waals surface area contributed by atoms with Crippen molar-refractivity contribution in [3.63, 3.8) is 0 Å². The lowest BCUT2D eigenvalue weighted by Crippen LogP contribution is -2.15. The van der Waals surface area contributed by atoms with Gasteiger partial charge in [-0.15, -0.1) is 5.10 Å². The maximum Gasteiger partial charge on any atom is 0.278 e. The van der Waals surface area contributed by atoms with E-state index in [1.165, 1.54) is 17.3 Å². The first kappa shape index (κ1) is 21.0. The van der Waals surface area contributed by atoms with Crippen LogP contribution in [0, 0.1) is 0 Å². The molecule has 2 aromatic heterocycles. The molecule has 2 heterocycles. The summed E-state index contributed by atoms with van der Waals surface area (Å²) in [5.74, 6) is 0.0889. The highest BCUT2D eigenvalue weighted by Crippen LogP contribution is 2.24. The molecule has 4 aromatic rings. The lowest BCUT2D eigenvalue weighted by atomic mass is 10.1. The summed E-state index contributed by atoms with van der Waals surface area (Å²) in [5, 5.41) is 12.5. The first-order valence-corrected chi connectivity index (χ1v) is 11.0. The number of benzene rings is 2. The molecule has 0 aliphatic rings. The molecule has 0 fully saturated rings. The Kier molecular flexibility index (Phi) is 6.59. The van der Waals surface area contributed by atoms with Crippen molar-refractivity contribution >= 4 is 35.0 Å². The Morgan fingerprint density at radius 2 is 1.77 bits per heavy atom. The number of halogens is 1. The van der Waals surface area contributed by atoms with Gasteiger partial charge in [0.05, 0.1) is 11.4 Å². The van der Waals surface area contributed by atoms with Crippen molar-refractivity contribution in [2.75, 3.05) is 5.32 Å². The zero-order valence-electron chi connectivity index (χ0n) is 16.7. The van der Waals surface area contributed by atoms with Gasteiger partial charge in [0, 0.05) is 28.9 Å². The second-order valence-electron chi connectivity index (χ2n) is 6.60. The number of rotatable bonds is 7. The largest absolute Gasteiger partial charge is 0.321 e. The summed E-state index contributed by atoms with van der Waals surface area (Å²) in [6.45, 7) is 2.09. The third-order valence-electron chi connectivity index (χ3n) is 4.55. The van der Waals surface area contributed by atoms with Gasteiger partial charge in [-0.3, -0.25) is 4.79 Å². The van der Waals surface area contributed by atoms with Crippen molar-refractivity contribution in [3.05, 3.63) is 89.0 Å². The third-order valence-corrected chi connectivity index (χ3v) is 5.69. The van der Waals surface area contributed by atoms with E-state index in [-0.39, 0.29) is 11.6 Å². The molecule has 0 radical (unpaired) electrons. The fraction of sp³-hybridized carbons (Fsp3) is 0.136. The normalized spacial score (nSPS) is 10.8. The molecular weight excluding hydrogens is 432 g/mol. The molecule has 156 valence electrons. The first-order chi connectivity index (χ1) is 15.1. The summed E-state index contributed by atoms with van der Waals surface area (Å²) in [5.41, 5.74) is 3.55. The summed E-state index contributed by atoms with van der Waals surface area (Å²) in [4.78, 5) is 21.5. The number of hydrogen-bond acceptors (Lipinski definition) is 6. The molecule has 0 saturated heterocycles. The topological polar surface area (TPSA) is 85.6 Å². The van der Waals surface area contributed by atoms with Gasteiger partial charge in [0.1, 0.15) is 0 Å². The number of aromatic nitrogens is 5. The number of carbonyl (C=O) groups excluding carboxylic acids is 1. The summed E-state index contributed by atoms with van der Waals surface area (Å²) < 4.78 is 1.64. The summed E-state index contributed by atoms with van der Waals surface area (Å²) in [7, 11) is 0. The maximum absolute atomic E-state index is 13.0. The number of nitrogens with one attached hydrogen (secondary N) is 1. The summed E-state index contributed by atoms with van der Waals surface area (Å²) in [6, 6.07) is 16.7. The molecule has 0 atom stereocenters. The Bertz CT molecular complexity index is 1160. The van der Waals surface area contributed by atoms with Crippen molar-refractivity contribution in [2.24, 2.45) is 0 Å². The summed E-state index contributed by atoms with van der Waals surface area (Å²) in [6.07, 6.45) is 4.29. The highest BCUT2D eigenvalue weighted by atomic mass is 35.5. The van der Waals surface area contributed by atoms with Crippen LogP contribution in [0.15, 0.2) is 72.1 Å². The Morgan fingerprint density at radius 1 is 1.06 bits per heavy atom. The van der Waals surface area contributed by atoms with Gasteiger partial charge in [-0.2, -0.15) is 0 Å². The number of amides is 1. The molecule has 1 N–H and O–H groups in total. The molecule has 31 heavy (non-hydrogen) atoms. The Morgan fingerprint density at radius 3 is 2.45 bits per heavy atom. The quantitative estimate of drug-likeness (QED) is 0.321. The van der Waals surface area contributed by atoms with Gasteiger partial charge in [-0.25, -0.2) is 14.6 Å². The van der Waals surface area contributed by atoms with Crippen LogP contribution >= 0.6 is 23.4 Å². The zero-order valence-corrected chi connectivity index (χ0v) is 18.3. The van der Waals surface area contributed by atoms with Crippen molar-refractivity contribution in [1.82, 2.24) is 25.0 Å². The summed E-state index contributed by atoms with van der Waals surface area (Å²) >= 11 is 7.42. The molecule has 0 saturated carbocycles. The van der Waals surface area contributed by atoms with Gasteiger partial charge in [0.15, 0.2) is 10.9 Å². The van der Waals surface area contributed by atoms with Gasteiger partial charge in [-0.05, 0) is 54.4 Å². The van der Waals surface area contributed by atoms with E-state index in [1.807, 2.05) is 36.4 Å². The van der Waals surface area contributed by atoms with Crippen LogP contribution in [0.5, 0.6) is 0 Å². The molecule has 7 nitrogen and oxygen atoms in total. The van der Waals surface area contributed by atoms with E-state index in [2.05, 4.69) is 32.5 Å². The molecule has 0 aliphatic carbocycles. The SMILES string of the molecule is CCc1ccc(NC(=O)c2nnn(-c3ccc(Cl)cc3)c2CSc2ncccn2)cc1. The highest BCUT2D eigenvalue weighted by molar-refractivity contribution is 7.98. The van der Waals surface area contributed by atoms with Crippen LogP contribution < -0.4 is 5.32 Å². The van der Waals surface area contributed by atoms with Crippen LogP contribution in [0.4, 0.5) is 5.69 Å². The average Bonchev–Trinajstić information content (AvgIpc) is 3.23. The van der Waals surface area contributed by atoms with Crippen molar-refractivity contribution in [1.29, 1.82) is 0 Å². The number of hydrogen-bond donors (Lipinski definition) is 1. The smallest absolute Gasteiger partial charge is 0.278 e. The molecule has 9 heteroatoms. The predicted octanol–water partition coefficient (Wildman–Crippen LogP) is 4.82. The standard InChI is InChI=1S/C22H19ClN6OS/c1-2-15-4-8-17(9-5-15)26-21(30)20-19(14-31-22-24-12-3-13-25-22)29(28-27-20)18-10-6-16(23)7-11-18/h3-13H,2,14H2,1H3,(H,26,30). The number of carbonyl (C=O) groups is 1. The van der Waals surface area contributed by atoms with Gasteiger partial charge >= 0.3 is 0 Å². The van der Waals surface area contributed by atoms with Crippen molar-refractivity contribution < 1.29 is 4.79 Å². The minimum atomic E-state index is -0.325. The second-order valence-corrected chi connectivity index (χ2v) is 7.98. The number of anilines is 1. The van der Waals surface area contributed by atoms with E-state index in [9.17, 15) is 4.79 Å². The molecule has 0 spiro atoms. The highest BCUT2D eigenvalue weighted by Gasteiger charge is 2.21. The van der Waals surface area contributed by atoms with Crippen LogP contribution in [0.1, 0.15) is 28.7 Å². The van der Waals surface area contributed by atoms with E-state index >= 15 is 0 Å². The predicted molar refractivity (Wildman–Crippen MR) is 122 cm³/mol.